The van der Waals surface area contributed by atoms with Gasteiger partial charge in [0, 0.05) is 33.6 Å². The van der Waals surface area contributed by atoms with E-state index in [0.29, 0.717) is 11.4 Å². The first-order chi connectivity index (χ1) is 6.77. The molecule has 0 spiro atoms. The van der Waals surface area contributed by atoms with E-state index in [4.69, 9.17) is 4.74 Å². The molecule has 1 aliphatic rings. The molecule has 4 heteroatoms. The van der Waals surface area contributed by atoms with Gasteiger partial charge in [0.1, 0.15) is 0 Å². The quantitative estimate of drug-likeness (QED) is 0.827. The summed E-state index contributed by atoms with van der Waals surface area (Å²) in [6, 6.07) is 2.04. The molecule has 14 heavy (non-hydrogen) atoms. The van der Waals surface area contributed by atoms with Crippen molar-refractivity contribution in [2.75, 3.05) is 6.61 Å². The number of halogens is 1. The first kappa shape index (κ1) is 10.5. The SMILES string of the molecule is CC1OCCC1Sc1ccncc1Br. The Bertz CT molecular complexity index is 321. The summed E-state index contributed by atoms with van der Waals surface area (Å²) in [6.45, 7) is 3.03. The van der Waals surface area contributed by atoms with Gasteiger partial charge in [0.2, 0.25) is 0 Å². The minimum atomic E-state index is 0.361. The third kappa shape index (κ3) is 2.30. The Hall–Kier alpha value is -0.0600. The molecular formula is C10H12BrNOS. The van der Waals surface area contributed by atoms with E-state index in [-0.39, 0.29) is 0 Å². The van der Waals surface area contributed by atoms with Gasteiger partial charge in [0.25, 0.3) is 0 Å². The molecule has 2 nitrogen and oxygen atoms in total. The van der Waals surface area contributed by atoms with Crippen LogP contribution in [-0.4, -0.2) is 22.9 Å². The van der Waals surface area contributed by atoms with Crippen molar-refractivity contribution in [1.82, 2.24) is 4.98 Å². The van der Waals surface area contributed by atoms with E-state index in [1.807, 2.05) is 30.2 Å². The maximum Gasteiger partial charge on any atom is 0.0669 e. The third-order valence-corrected chi connectivity index (χ3v) is 4.75. The van der Waals surface area contributed by atoms with E-state index in [9.17, 15) is 0 Å². The van der Waals surface area contributed by atoms with Crippen molar-refractivity contribution in [2.24, 2.45) is 0 Å². The van der Waals surface area contributed by atoms with Gasteiger partial charge in [-0.05, 0) is 35.3 Å². The lowest BCUT2D eigenvalue weighted by molar-refractivity contribution is 0.127. The van der Waals surface area contributed by atoms with Crippen LogP contribution < -0.4 is 0 Å². The van der Waals surface area contributed by atoms with Gasteiger partial charge in [0.05, 0.1) is 6.10 Å². The average Bonchev–Trinajstić information content (AvgIpc) is 2.56. The summed E-state index contributed by atoms with van der Waals surface area (Å²) >= 11 is 5.37. The number of thioether (sulfide) groups is 1. The van der Waals surface area contributed by atoms with Gasteiger partial charge in [-0.2, -0.15) is 0 Å². The van der Waals surface area contributed by atoms with Gasteiger partial charge in [-0.3, -0.25) is 4.98 Å². The molecule has 1 saturated heterocycles. The second kappa shape index (κ2) is 4.64. The number of pyridine rings is 1. The van der Waals surface area contributed by atoms with Gasteiger partial charge in [-0.25, -0.2) is 0 Å². The van der Waals surface area contributed by atoms with Crippen molar-refractivity contribution in [3.05, 3.63) is 22.9 Å². The Balaban J connectivity index is 2.07. The van der Waals surface area contributed by atoms with Crippen molar-refractivity contribution in [2.45, 2.75) is 29.6 Å². The standard InChI is InChI=1S/C10H12BrNOS/c1-7-9(3-5-13-7)14-10-2-4-12-6-8(10)11/h2,4,6-7,9H,3,5H2,1H3. The van der Waals surface area contributed by atoms with E-state index < -0.39 is 0 Å². The maximum absolute atomic E-state index is 5.53. The molecule has 0 saturated carbocycles. The lowest BCUT2D eigenvalue weighted by Crippen LogP contribution is -2.12. The first-order valence-electron chi connectivity index (χ1n) is 4.65. The van der Waals surface area contributed by atoms with Crippen LogP contribution in [0.15, 0.2) is 27.8 Å². The summed E-state index contributed by atoms with van der Waals surface area (Å²) in [6.07, 6.45) is 5.16. The Kier molecular flexibility index (Phi) is 3.47. The molecule has 0 aromatic carbocycles. The largest absolute Gasteiger partial charge is 0.377 e. The van der Waals surface area contributed by atoms with Crippen LogP contribution in [0.3, 0.4) is 0 Å². The minimum absolute atomic E-state index is 0.361. The Morgan fingerprint density at radius 1 is 1.64 bits per heavy atom. The second-order valence-electron chi connectivity index (χ2n) is 3.33. The van der Waals surface area contributed by atoms with Crippen LogP contribution in [0.4, 0.5) is 0 Å². The number of hydrogen-bond donors (Lipinski definition) is 0. The molecular weight excluding hydrogens is 262 g/mol. The topological polar surface area (TPSA) is 22.1 Å². The highest BCUT2D eigenvalue weighted by Gasteiger charge is 2.25. The maximum atomic E-state index is 5.53. The monoisotopic (exact) mass is 273 g/mol. The van der Waals surface area contributed by atoms with E-state index in [1.54, 1.807) is 0 Å². The Morgan fingerprint density at radius 2 is 2.50 bits per heavy atom. The molecule has 2 rings (SSSR count). The lowest BCUT2D eigenvalue weighted by atomic mass is 10.3. The summed E-state index contributed by atoms with van der Waals surface area (Å²) < 4.78 is 6.60. The molecule has 1 aromatic heterocycles. The number of ether oxygens (including phenoxy) is 1. The molecule has 1 aromatic rings. The molecule has 0 radical (unpaired) electrons. The molecule has 76 valence electrons. The van der Waals surface area contributed by atoms with Crippen LogP contribution in [-0.2, 0) is 4.74 Å². The van der Waals surface area contributed by atoms with Crippen molar-refractivity contribution in [1.29, 1.82) is 0 Å². The van der Waals surface area contributed by atoms with E-state index in [1.165, 1.54) is 4.90 Å². The number of hydrogen-bond acceptors (Lipinski definition) is 3. The second-order valence-corrected chi connectivity index (χ2v) is 5.46. The van der Waals surface area contributed by atoms with Gasteiger partial charge in [0.15, 0.2) is 0 Å². The number of rotatable bonds is 2. The molecule has 2 heterocycles. The van der Waals surface area contributed by atoms with Crippen LogP contribution in [0.1, 0.15) is 13.3 Å². The number of aromatic nitrogens is 1. The fourth-order valence-corrected chi connectivity index (χ4v) is 3.13. The fraction of sp³-hybridized carbons (Fsp3) is 0.500. The van der Waals surface area contributed by atoms with E-state index >= 15 is 0 Å². The van der Waals surface area contributed by atoms with Crippen LogP contribution >= 0.6 is 27.7 Å². The summed E-state index contributed by atoms with van der Waals surface area (Å²) in [4.78, 5) is 5.30. The molecule has 1 fully saturated rings. The van der Waals surface area contributed by atoms with Crippen LogP contribution in [0.25, 0.3) is 0 Å². The summed E-state index contributed by atoms with van der Waals surface area (Å²) in [5.41, 5.74) is 0. The highest BCUT2D eigenvalue weighted by Crippen LogP contribution is 2.35. The van der Waals surface area contributed by atoms with Crippen LogP contribution in [0.5, 0.6) is 0 Å². The summed E-state index contributed by atoms with van der Waals surface area (Å²) in [5.74, 6) is 0. The highest BCUT2D eigenvalue weighted by atomic mass is 79.9. The predicted octanol–water partition coefficient (Wildman–Crippen LogP) is 3.11. The van der Waals surface area contributed by atoms with Crippen LogP contribution in [0, 0.1) is 0 Å². The highest BCUT2D eigenvalue weighted by molar-refractivity contribution is 9.10. The van der Waals surface area contributed by atoms with Crippen molar-refractivity contribution in [3.63, 3.8) is 0 Å². The van der Waals surface area contributed by atoms with Gasteiger partial charge < -0.3 is 4.74 Å². The first-order valence-corrected chi connectivity index (χ1v) is 6.32. The van der Waals surface area contributed by atoms with Gasteiger partial charge in [-0.15, -0.1) is 11.8 Å². The van der Waals surface area contributed by atoms with Crippen molar-refractivity contribution >= 4 is 27.7 Å². The molecule has 0 bridgehead atoms. The average molecular weight is 274 g/mol. The smallest absolute Gasteiger partial charge is 0.0669 e. The van der Waals surface area contributed by atoms with E-state index in [0.717, 1.165) is 17.5 Å². The zero-order valence-corrected chi connectivity index (χ0v) is 10.3. The third-order valence-electron chi connectivity index (χ3n) is 2.32. The Labute approximate surface area is 96.6 Å². The number of nitrogens with zero attached hydrogens (tertiary/aromatic N) is 1. The predicted molar refractivity (Wildman–Crippen MR) is 61.6 cm³/mol. The zero-order valence-electron chi connectivity index (χ0n) is 7.94. The Morgan fingerprint density at radius 3 is 3.14 bits per heavy atom. The molecule has 2 unspecified atom stereocenters. The van der Waals surface area contributed by atoms with Crippen molar-refractivity contribution in [3.8, 4) is 0 Å². The summed E-state index contributed by atoms with van der Waals surface area (Å²) in [7, 11) is 0. The van der Waals surface area contributed by atoms with Gasteiger partial charge in [-0.1, -0.05) is 0 Å². The normalized spacial score (nSPS) is 26.7. The molecule has 0 N–H and O–H groups in total. The van der Waals surface area contributed by atoms with Gasteiger partial charge >= 0.3 is 0 Å². The zero-order chi connectivity index (χ0) is 9.97. The minimum Gasteiger partial charge on any atom is -0.377 e. The lowest BCUT2D eigenvalue weighted by Gasteiger charge is -2.13. The molecule has 1 aliphatic heterocycles. The van der Waals surface area contributed by atoms with Crippen molar-refractivity contribution < 1.29 is 4.74 Å². The fourth-order valence-electron chi connectivity index (χ4n) is 1.49. The summed E-state index contributed by atoms with van der Waals surface area (Å²) in [5, 5.41) is 0.577. The van der Waals surface area contributed by atoms with Crippen LogP contribution in [0.2, 0.25) is 0 Å². The van der Waals surface area contributed by atoms with E-state index in [2.05, 4.69) is 27.8 Å². The molecule has 0 aliphatic carbocycles. The molecule has 0 amide bonds. The molecule has 2 atom stereocenters.